The molecule has 15 aromatic heterocycles. The van der Waals surface area contributed by atoms with E-state index < -0.39 is 0 Å². The number of benzene rings is 1. The maximum Gasteiger partial charge on any atom is 0.223 e. The third kappa shape index (κ3) is 23.9. The number of likely N-dealkylation sites (tertiary alicyclic amines) is 1. The van der Waals surface area contributed by atoms with Crippen LogP contribution < -0.4 is 79.5 Å². The lowest BCUT2D eigenvalue weighted by molar-refractivity contribution is 0.329. The molecule has 1 saturated heterocycles. The maximum atomic E-state index is 13.2. The van der Waals surface area contributed by atoms with Crippen molar-refractivity contribution in [1.29, 1.82) is 0 Å². The zero-order chi connectivity index (χ0) is 106. The van der Waals surface area contributed by atoms with Crippen LogP contribution in [0.15, 0.2) is 116 Å². The minimum Gasteiger partial charge on any atom is -0.496 e. The van der Waals surface area contributed by atoms with Gasteiger partial charge in [0.25, 0.3) is 0 Å². The molecule has 1 aliphatic heterocycles. The number of aryl methyl sites for hydroxylation is 5. The van der Waals surface area contributed by atoms with Crippen LogP contribution in [0.5, 0.6) is 28.7 Å². The highest BCUT2D eigenvalue weighted by Gasteiger charge is 2.28. The second-order valence-electron chi connectivity index (χ2n) is 35.8. The predicted octanol–water partition coefficient (Wildman–Crippen LogP) is 14.9. The first kappa shape index (κ1) is 109. The molecule has 0 radical (unpaired) electrons. The predicted molar refractivity (Wildman–Crippen MR) is 574 cm³/mol. The van der Waals surface area contributed by atoms with Crippen molar-refractivity contribution in [2.45, 2.75) is 174 Å². The molecule has 0 amide bonds. The van der Waals surface area contributed by atoms with Crippen LogP contribution in [0, 0.1) is 87.5 Å². The normalized spacial score (nSPS) is 11.9. The van der Waals surface area contributed by atoms with Gasteiger partial charge in [-0.2, -0.15) is 24.9 Å². The molecule has 762 valence electrons. The summed E-state index contributed by atoms with van der Waals surface area (Å²) >= 11 is 31.5. The highest BCUT2D eigenvalue weighted by Crippen LogP contribution is 2.35. The van der Waals surface area contributed by atoms with Crippen LogP contribution in [0.2, 0.25) is 25.8 Å². The first-order chi connectivity index (χ1) is 69.7. The van der Waals surface area contributed by atoms with Gasteiger partial charge in [0.1, 0.15) is 81.4 Å². The summed E-state index contributed by atoms with van der Waals surface area (Å²) in [5, 5.41) is 1.53. The maximum absolute atomic E-state index is 13.2. The largest absolute Gasteiger partial charge is 0.496 e. The van der Waals surface area contributed by atoms with Gasteiger partial charge in [0.2, 0.25) is 29.7 Å². The monoisotopic (exact) mass is 2080 g/mol. The van der Waals surface area contributed by atoms with Gasteiger partial charge in [-0.05, 0) is 127 Å². The van der Waals surface area contributed by atoms with Gasteiger partial charge >= 0.3 is 0 Å². The van der Waals surface area contributed by atoms with Crippen molar-refractivity contribution in [3.8, 4) is 41.1 Å². The minimum absolute atomic E-state index is 0.00119. The van der Waals surface area contributed by atoms with E-state index in [1.165, 1.54) is 0 Å². The number of aromatic nitrogens is 20. The molecule has 17 rings (SSSR count). The van der Waals surface area contributed by atoms with Gasteiger partial charge in [-0.3, -0.25) is 53.8 Å². The van der Waals surface area contributed by atoms with Crippen LogP contribution >= 0.6 is 58.0 Å². The summed E-state index contributed by atoms with van der Waals surface area (Å²) in [4.78, 5) is 134. The highest BCUT2D eigenvalue weighted by atomic mass is 35.5. The van der Waals surface area contributed by atoms with Crippen molar-refractivity contribution in [2.24, 2.45) is 5.92 Å². The number of rotatable bonds is 26. The van der Waals surface area contributed by atoms with E-state index in [1.807, 2.05) is 149 Å². The molecule has 1 aliphatic rings. The third-order valence-corrected chi connectivity index (χ3v) is 26.8. The number of nitrogen functional groups attached to an aromatic ring is 5. The standard InChI is InChI=1S/C23H22ClN5O2.C22H28ClN5O2.C21H25ClN6O2.C19H23ClN6O2.C19H18ClN5O2/c1-13-10-26-17(14(2)20(13)31-3)12-29-11-16(9-15-7-5-4-6-8-15)19(30)18-21(24)27-23(25)28-22(18)29;1-6-14(7-2)8-15-10-28(11-16-13(4)19(30-5)12(3)9-25-16)21-17(18(15)29)20(23)26-22(24)27-21;1-12-8-24-15(13(2)18(12)30-3)11-28-10-14(9-27-6-4-5-7-27)17(29)16-19(22)25-21(23)26-20(16)28;1-10-6-22-13(11(2)16(10)28-5)9-26-8-12(7-25(3)4)15(27)14-17(20)23-19(21)24-18(14)26;1-5-6-12-8-25(9-13-11(3)16(27-4)10(2)7-22-13)18-14(15(12)26)17(20)23-19(21)24-18/h4-8,10-11H,9,12H2,1-3H3,(H2,25,27,28);9-10,14H,6-8,11H2,1-5H3,(H2,24,26,27);8,10H,4-7,9,11H2,1-3H3,(H2,23,25,26);6,8H,7,9H2,1-5H3,(H2,21,23,24);1,7-8H,6,9H2,2-4H3,(H2,21,23,24). The van der Waals surface area contributed by atoms with Gasteiger partial charge in [-0.15, -0.1) is 12.3 Å². The molecule has 1 fully saturated rings. The summed E-state index contributed by atoms with van der Waals surface area (Å²) < 4.78 is 36.8. The molecule has 37 nitrogen and oxygen atoms in total. The van der Waals surface area contributed by atoms with Crippen LogP contribution in [0.25, 0.3) is 55.2 Å². The van der Waals surface area contributed by atoms with Crippen molar-refractivity contribution in [3.63, 3.8) is 0 Å². The Morgan fingerprint density at radius 1 is 0.370 bits per heavy atom. The average Bonchev–Trinajstić information content (AvgIpc) is 0.801. The Labute approximate surface area is 867 Å². The van der Waals surface area contributed by atoms with E-state index in [0.717, 1.165) is 157 Å². The fourth-order valence-corrected chi connectivity index (χ4v) is 19.4. The van der Waals surface area contributed by atoms with Gasteiger partial charge < -0.3 is 80.1 Å². The van der Waals surface area contributed by atoms with Gasteiger partial charge in [-0.1, -0.05) is 115 Å². The van der Waals surface area contributed by atoms with E-state index >= 15 is 0 Å². The Morgan fingerprint density at radius 3 is 0.918 bits per heavy atom. The zero-order valence-corrected chi connectivity index (χ0v) is 88.6. The Kier molecular flexibility index (Phi) is 35.3. The number of pyridine rings is 10. The molecule has 0 aliphatic carbocycles. The Morgan fingerprint density at radius 2 is 0.630 bits per heavy atom. The molecule has 146 heavy (non-hydrogen) atoms. The summed E-state index contributed by atoms with van der Waals surface area (Å²) in [5.41, 5.74) is 47.4. The van der Waals surface area contributed by atoms with Gasteiger partial charge in [0.05, 0.1) is 96.7 Å². The zero-order valence-electron chi connectivity index (χ0n) is 84.8. The Balaban J connectivity index is 0.000000153. The minimum atomic E-state index is -0.296. The molecule has 0 spiro atoms. The number of anilines is 5. The SMILES string of the molecule is C#CCc1cn(Cc2ncc(C)c(OC)c2C)c2nc(N)nc(Cl)c2c1=O.CCC(CC)Cc1cn(Cc2ncc(C)c(OC)c2C)c2nc(N)nc(Cl)c2c1=O.COc1c(C)cnc(Cn2cc(CN(C)C)c(=O)c3c(Cl)nc(N)nc32)c1C.COc1c(C)cnc(Cn2cc(CN3CCCC3)c(=O)c3c(Cl)nc(N)nc32)c1C.COc1c(C)cnc(Cn2cc(Cc3ccccc3)c(=O)c3c(Cl)nc(N)nc32)c1C. The number of halogens is 5. The van der Waals surface area contributed by atoms with Crippen LogP contribution in [0.4, 0.5) is 29.7 Å². The van der Waals surface area contributed by atoms with Crippen LogP contribution in [-0.2, 0) is 65.1 Å². The molecule has 0 unspecified atom stereocenters. The van der Waals surface area contributed by atoms with Crippen molar-refractivity contribution < 1.29 is 23.7 Å². The summed E-state index contributed by atoms with van der Waals surface area (Å²) in [6.07, 6.45) is 28.8. The fraction of sp³-hybridized carbons (Fsp3) is 0.346. The van der Waals surface area contributed by atoms with E-state index in [2.05, 4.69) is 99.4 Å². The number of fused-ring (bicyclic) bond motifs is 5. The highest BCUT2D eigenvalue weighted by molar-refractivity contribution is 6.35. The molecule has 0 bridgehead atoms. The lowest BCUT2D eigenvalue weighted by atomic mass is 9.95. The van der Waals surface area contributed by atoms with E-state index in [4.69, 9.17) is 117 Å². The second-order valence-corrected chi connectivity index (χ2v) is 37.6. The van der Waals surface area contributed by atoms with Crippen molar-refractivity contribution in [1.82, 2.24) is 107 Å². The molecular formula is C104H116Cl5N27O10. The van der Waals surface area contributed by atoms with E-state index in [0.29, 0.717) is 131 Å². The van der Waals surface area contributed by atoms with Crippen molar-refractivity contribution >= 4 is 143 Å². The molecule has 42 heteroatoms. The second kappa shape index (κ2) is 47.5. The van der Waals surface area contributed by atoms with Crippen LogP contribution in [-0.4, -0.2) is 170 Å². The quantitative estimate of drug-likeness (QED) is 0.0248. The van der Waals surface area contributed by atoms with Crippen molar-refractivity contribution in [3.05, 3.63) is 287 Å². The molecule has 1 aromatic carbocycles. The smallest absolute Gasteiger partial charge is 0.223 e. The number of ether oxygens (including phenoxy) is 5. The summed E-state index contributed by atoms with van der Waals surface area (Å²) in [6.45, 7) is 28.7. The topological polar surface area (TPSA) is 486 Å². The average molecular weight is 2080 g/mol. The number of hydrogen-bond acceptors (Lipinski definition) is 32. The first-order valence-corrected chi connectivity index (χ1v) is 48.6. The third-order valence-electron chi connectivity index (χ3n) is 25.4. The van der Waals surface area contributed by atoms with Crippen LogP contribution in [0.1, 0.15) is 157 Å². The Bertz CT molecular complexity index is 7900. The fourth-order valence-electron chi connectivity index (χ4n) is 18.1. The van der Waals surface area contributed by atoms with Gasteiger partial charge in [0.15, 0.2) is 55.4 Å². The van der Waals surface area contributed by atoms with Gasteiger partial charge in [0, 0.05) is 171 Å². The molecular weight excluding hydrogens is 1960 g/mol. The summed E-state index contributed by atoms with van der Waals surface area (Å²) in [6, 6.07) is 9.78. The lowest BCUT2D eigenvalue weighted by Crippen LogP contribution is -2.25. The lowest BCUT2D eigenvalue weighted by Gasteiger charge is -2.18. The number of nitrogens with two attached hydrogens (primary N) is 5. The van der Waals surface area contributed by atoms with E-state index in [-0.39, 0.29) is 105 Å². The van der Waals surface area contributed by atoms with E-state index in [1.54, 1.807) is 89.7 Å². The summed E-state index contributed by atoms with van der Waals surface area (Å²) in [7, 11) is 12.0. The summed E-state index contributed by atoms with van der Waals surface area (Å²) in [5.74, 6) is 6.90. The van der Waals surface area contributed by atoms with Crippen LogP contribution in [0.3, 0.4) is 0 Å². The number of methoxy groups -OCH3 is 5. The molecule has 16 aromatic rings. The Hall–Kier alpha value is -14.7. The molecule has 0 saturated carbocycles. The first-order valence-electron chi connectivity index (χ1n) is 46.7. The van der Waals surface area contributed by atoms with Crippen molar-refractivity contribution in [2.75, 3.05) is 91.4 Å². The number of terminal acetylenes is 1. The van der Waals surface area contributed by atoms with Gasteiger partial charge in [-0.25, -0.2) is 24.9 Å². The number of nitrogens with zero attached hydrogens (tertiary/aromatic N) is 22. The number of hydrogen-bond donors (Lipinski definition) is 5. The molecule has 0 atom stereocenters. The molecule has 16 heterocycles. The van der Waals surface area contributed by atoms with E-state index in [9.17, 15) is 24.0 Å². The molecule has 10 N–H and O–H groups in total.